The van der Waals surface area contributed by atoms with E-state index in [1.807, 2.05) is 6.26 Å². The van der Waals surface area contributed by atoms with Crippen LogP contribution in [0.15, 0.2) is 4.34 Å². The van der Waals surface area contributed by atoms with Gasteiger partial charge in [-0.3, -0.25) is 9.69 Å². The number of thioether (sulfide) groups is 1. The number of terminal acetylenes is 1. The van der Waals surface area contributed by atoms with E-state index in [2.05, 4.69) is 16.1 Å². The Hall–Kier alpha value is -1.06. The van der Waals surface area contributed by atoms with Crippen molar-refractivity contribution in [3.63, 3.8) is 0 Å². The fraction of sp³-hybridized carbons (Fsp3) is 0.444. The predicted octanol–water partition coefficient (Wildman–Crippen LogP) is 1.25. The molecule has 1 atom stereocenters. The maximum Gasteiger partial charge on any atom is 0.230 e. The Kier molecular flexibility index (Phi) is 2.93. The fourth-order valence-electron chi connectivity index (χ4n) is 1.40. The van der Waals surface area contributed by atoms with Crippen molar-refractivity contribution < 1.29 is 4.79 Å². The fourth-order valence-corrected chi connectivity index (χ4v) is 2.68. The molecule has 78 valence electrons. The number of aromatic nitrogens is 2. The SMILES string of the molecule is C#CC1CC(=O)N(c2nnc(SC)s2)C1. The molecule has 1 saturated heterocycles. The molecular weight excluding hydrogens is 230 g/mol. The van der Waals surface area contributed by atoms with Gasteiger partial charge in [-0.15, -0.1) is 22.5 Å². The van der Waals surface area contributed by atoms with Crippen molar-refractivity contribution >= 4 is 34.1 Å². The second-order valence-electron chi connectivity index (χ2n) is 3.13. The summed E-state index contributed by atoms with van der Waals surface area (Å²) >= 11 is 2.95. The predicted molar refractivity (Wildman–Crippen MR) is 61.0 cm³/mol. The van der Waals surface area contributed by atoms with E-state index in [-0.39, 0.29) is 11.8 Å². The molecule has 2 heterocycles. The van der Waals surface area contributed by atoms with E-state index in [1.54, 1.807) is 4.90 Å². The molecule has 0 bridgehead atoms. The van der Waals surface area contributed by atoms with Crippen molar-refractivity contribution in [2.24, 2.45) is 5.92 Å². The Labute approximate surface area is 96.1 Å². The van der Waals surface area contributed by atoms with Gasteiger partial charge in [-0.1, -0.05) is 23.1 Å². The first-order valence-electron chi connectivity index (χ1n) is 4.38. The van der Waals surface area contributed by atoms with Crippen molar-refractivity contribution in [1.29, 1.82) is 0 Å². The largest absolute Gasteiger partial charge is 0.285 e. The zero-order valence-electron chi connectivity index (χ0n) is 8.14. The van der Waals surface area contributed by atoms with Crippen molar-refractivity contribution in [3.05, 3.63) is 0 Å². The van der Waals surface area contributed by atoms with Crippen LogP contribution in [-0.4, -0.2) is 28.9 Å². The Morgan fingerprint density at radius 1 is 1.67 bits per heavy atom. The van der Waals surface area contributed by atoms with E-state index < -0.39 is 0 Å². The average molecular weight is 239 g/mol. The van der Waals surface area contributed by atoms with Gasteiger partial charge in [-0.2, -0.15) is 0 Å². The van der Waals surface area contributed by atoms with Crippen LogP contribution in [0.1, 0.15) is 6.42 Å². The number of nitrogens with zero attached hydrogens (tertiary/aromatic N) is 3. The Bertz CT molecular complexity index is 423. The molecule has 0 radical (unpaired) electrons. The van der Waals surface area contributed by atoms with Gasteiger partial charge in [0, 0.05) is 18.9 Å². The first kappa shape index (κ1) is 10.5. The van der Waals surface area contributed by atoms with E-state index in [4.69, 9.17) is 6.42 Å². The van der Waals surface area contributed by atoms with Crippen LogP contribution in [0.25, 0.3) is 0 Å². The lowest BCUT2D eigenvalue weighted by molar-refractivity contribution is -0.117. The number of anilines is 1. The molecule has 0 aromatic carbocycles. The van der Waals surface area contributed by atoms with Gasteiger partial charge in [-0.05, 0) is 6.26 Å². The van der Waals surface area contributed by atoms with Gasteiger partial charge in [0.25, 0.3) is 0 Å². The third-order valence-corrected chi connectivity index (χ3v) is 4.08. The first-order valence-corrected chi connectivity index (χ1v) is 6.42. The minimum Gasteiger partial charge on any atom is -0.285 e. The lowest BCUT2D eigenvalue weighted by Crippen LogP contribution is -2.24. The molecule has 1 amide bonds. The molecule has 1 aromatic heterocycles. The third kappa shape index (κ3) is 1.98. The van der Waals surface area contributed by atoms with Crippen LogP contribution in [0.4, 0.5) is 5.13 Å². The van der Waals surface area contributed by atoms with Gasteiger partial charge in [0.2, 0.25) is 11.0 Å². The molecular formula is C9H9N3OS2. The number of rotatable bonds is 2. The lowest BCUT2D eigenvalue weighted by atomic mass is 10.1. The minimum absolute atomic E-state index is 0.0131. The van der Waals surface area contributed by atoms with E-state index in [0.29, 0.717) is 18.1 Å². The van der Waals surface area contributed by atoms with E-state index >= 15 is 0 Å². The van der Waals surface area contributed by atoms with E-state index in [9.17, 15) is 4.79 Å². The summed E-state index contributed by atoms with van der Waals surface area (Å²) in [6, 6.07) is 0. The minimum atomic E-state index is 0.0131. The van der Waals surface area contributed by atoms with Gasteiger partial charge < -0.3 is 0 Å². The summed E-state index contributed by atoms with van der Waals surface area (Å²) in [5.41, 5.74) is 0. The van der Waals surface area contributed by atoms with Gasteiger partial charge >= 0.3 is 0 Å². The van der Waals surface area contributed by atoms with Crippen LogP contribution in [0, 0.1) is 18.3 Å². The van der Waals surface area contributed by atoms with Crippen molar-refractivity contribution in [2.75, 3.05) is 17.7 Å². The topological polar surface area (TPSA) is 46.1 Å². The summed E-state index contributed by atoms with van der Waals surface area (Å²) in [4.78, 5) is 13.2. The highest BCUT2D eigenvalue weighted by Gasteiger charge is 2.31. The molecule has 0 N–H and O–H groups in total. The second kappa shape index (κ2) is 4.21. The van der Waals surface area contributed by atoms with Gasteiger partial charge in [0.05, 0.1) is 0 Å². The second-order valence-corrected chi connectivity index (χ2v) is 5.14. The van der Waals surface area contributed by atoms with E-state index in [1.165, 1.54) is 23.1 Å². The average Bonchev–Trinajstić information content (AvgIpc) is 2.83. The van der Waals surface area contributed by atoms with Gasteiger partial charge in [0.1, 0.15) is 0 Å². The Morgan fingerprint density at radius 2 is 2.47 bits per heavy atom. The van der Waals surface area contributed by atoms with Crippen LogP contribution in [-0.2, 0) is 4.79 Å². The van der Waals surface area contributed by atoms with Crippen molar-refractivity contribution in [1.82, 2.24) is 10.2 Å². The Morgan fingerprint density at radius 3 is 3.00 bits per heavy atom. The van der Waals surface area contributed by atoms with Crippen molar-refractivity contribution in [3.8, 4) is 12.3 Å². The number of hydrogen-bond acceptors (Lipinski definition) is 5. The molecule has 1 fully saturated rings. The quantitative estimate of drug-likeness (QED) is 0.442. The molecule has 15 heavy (non-hydrogen) atoms. The smallest absolute Gasteiger partial charge is 0.230 e. The maximum atomic E-state index is 11.6. The molecule has 1 aliphatic rings. The van der Waals surface area contributed by atoms with Crippen LogP contribution in [0.5, 0.6) is 0 Å². The highest BCUT2D eigenvalue weighted by atomic mass is 32.2. The summed E-state index contributed by atoms with van der Waals surface area (Å²) in [5.74, 6) is 2.66. The zero-order chi connectivity index (χ0) is 10.8. The molecule has 1 aromatic rings. The molecule has 0 aliphatic carbocycles. The van der Waals surface area contributed by atoms with Crippen LogP contribution in [0.2, 0.25) is 0 Å². The maximum absolute atomic E-state index is 11.6. The number of hydrogen-bond donors (Lipinski definition) is 0. The molecule has 1 aliphatic heterocycles. The zero-order valence-corrected chi connectivity index (χ0v) is 9.77. The highest BCUT2D eigenvalue weighted by Crippen LogP contribution is 2.30. The Balaban J connectivity index is 2.18. The van der Waals surface area contributed by atoms with E-state index in [0.717, 1.165) is 4.34 Å². The summed E-state index contributed by atoms with van der Waals surface area (Å²) in [6.45, 7) is 0.568. The highest BCUT2D eigenvalue weighted by molar-refractivity contribution is 8.00. The summed E-state index contributed by atoms with van der Waals surface area (Å²) in [6.07, 6.45) is 7.65. The van der Waals surface area contributed by atoms with Gasteiger partial charge in [-0.25, -0.2) is 0 Å². The first-order chi connectivity index (χ1) is 7.24. The molecule has 2 rings (SSSR count). The van der Waals surface area contributed by atoms with Gasteiger partial charge in [0.15, 0.2) is 4.34 Å². The van der Waals surface area contributed by atoms with Crippen LogP contribution in [0.3, 0.4) is 0 Å². The molecule has 0 saturated carbocycles. The number of amides is 1. The van der Waals surface area contributed by atoms with Crippen LogP contribution < -0.4 is 4.90 Å². The molecule has 1 unspecified atom stereocenters. The summed E-state index contributed by atoms with van der Waals surface area (Å²) < 4.78 is 0.863. The normalized spacial score (nSPS) is 20.7. The standard InChI is InChI=1S/C9H9N3OS2/c1-3-6-4-7(13)12(5-6)8-10-11-9(14-2)15-8/h1,6H,4-5H2,2H3. The van der Waals surface area contributed by atoms with Crippen LogP contribution >= 0.6 is 23.1 Å². The molecule has 4 nitrogen and oxygen atoms in total. The lowest BCUT2D eigenvalue weighted by Gasteiger charge is -2.09. The monoisotopic (exact) mass is 239 g/mol. The third-order valence-electron chi connectivity index (χ3n) is 2.16. The summed E-state index contributed by atoms with van der Waals surface area (Å²) in [5, 5.41) is 8.58. The number of carbonyl (C=O) groups is 1. The molecule has 6 heteroatoms. The van der Waals surface area contributed by atoms with Crippen molar-refractivity contribution in [2.45, 2.75) is 10.8 Å². The molecule has 0 spiro atoms. The number of carbonyl (C=O) groups excluding carboxylic acids is 1. The summed E-state index contributed by atoms with van der Waals surface area (Å²) in [7, 11) is 0.